The fourth-order valence-corrected chi connectivity index (χ4v) is 2.33. The molecule has 0 aliphatic rings. The van der Waals surface area contributed by atoms with Gasteiger partial charge in [-0.2, -0.15) is 0 Å². The third-order valence-corrected chi connectivity index (χ3v) is 3.33. The van der Waals surface area contributed by atoms with Crippen LogP contribution in [0.2, 0.25) is 5.02 Å². The van der Waals surface area contributed by atoms with Crippen LogP contribution in [0.1, 0.15) is 11.1 Å². The van der Waals surface area contributed by atoms with E-state index in [-0.39, 0.29) is 0 Å². The molecule has 1 aromatic carbocycles. The molecule has 0 bridgehead atoms. The van der Waals surface area contributed by atoms with E-state index in [0.29, 0.717) is 30.3 Å². The van der Waals surface area contributed by atoms with Crippen LogP contribution in [0, 0.1) is 0 Å². The highest BCUT2D eigenvalue weighted by Crippen LogP contribution is 2.35. The molecule has 0 atom stereocenters. The standard InChI is InChI=1S/C16H19ClN2O2/c1-20-15-11-14(17)10-13(2-6-18)16(15)21-9-5-12-3-7-19-8-4-12/h3-4,7-8,10-11H,2,5-6,9,18H2,1H3. The normalized spacial score (nSPS) is 10.4. The first-order valence-electron chi connectivity index (χ1n) is 6.82. The zero-order valence-corrected chi connectivity index (χ0v) is 12.8. The molecule has 112 valence electrons. The van der Waals surface area contributed by atoms with Crippen LogP contribution in [-0.2, 0) is 12.8 Å². The quantitative estimate of drug-likeness (QED) is 0.854. The van der Waals surface area contributed by atoms with Gasteiger partial charge in [-0.3, -0.25) is 4.98 Å². The number of nitrogens with zero attached hydrogens (tertiary/aromatic N) is 1. The zero-order valence-electron chi connectivity index (χ0n) is 12.0. The van der Waals surface area contributed by atoms with Crippen LogP contribution in [0.4, 0.5) is 0 Å². The van der Waals surface area contributed by atoms with Gasteiger partial charge in [0, 0.05) is 35.5 Å². The Balaban J connectivity index is 2.10. The number of benzene rings is 1. The monoisotopic (exact) mass is 306 g/mol. The van der Waals surface area contributed by atoms with E-state index < -0.39 is 0 Å². The molecule has 2 aromatic rings. The van der Waals surface area contributed by atoms with Gasteiger partial charge in [0.25, 0.3) is 0 Å². The van der Waals surface area contributed by atoms with Crippen LogP contribution in [0.15, 0.2) is 36.7 Å². The van der Waals surface area contributed by atoms with Crippen LogP contribution >= 0.6 is 11.6 Å². The Kier molecular flexibility index (Phi) is 5.84. The maximum Gasteiger partial charge on any atom is 0.164 e. The maximum atomic E-state index is 6.08. The molecule has 0 fully saturated rings. The van der Waals surface area contributed by atoms with E-state index in [2.05, 4.69) is 4.98 Å². The smallest absolute Gasteiger partial charge is 0.164 e. The van der Waals surface area contributed by atoms with Crippen molar-refractivity contribution in [3.05, 3.63) is 52.8 Å². The molecule has 0 aliphatic heterocycles. The van der Waals surface area contributed by atoms with Crippen molar-refractivity contribution in [3.63, 3.8) is 0 Å². The highest BCUT2D eigenvalue weighted by molar-refractivity contribution is 6.30. The van der Waals surface area contributed by atoms with Gasteiger partial charge in [-0.15, -0.1) is 0 Å². The molecule has 0 unspecified atom stereocenters. The van der Waals surface area contributed by atoms with Crippen molar-refractivity contribution in [2.75, 3.05) is 20.3 Å². The van der Waals surface area contributed by atoms with Crippen molar-refractivity contribution in [2.24, 2.45) is 5.73 Å². The zero-order chi connectivity index (χ0) is 15.1. The lowest BCUT2D eigenvalue weighted by atomic mass is 10.1. The van der Waals surface area contributed by atoms with Gasteiger partial charge in [-0.05, 0) is 36.7 Å². The Bertz CT molecular complexity index is 576. The van der Waals surface area contributed by atoms with Crippen molar-refractivity contribution in [2.45, 2.75) is 12.8 Å². The lowest BCUT2D eigenvalue weighted by Crippen LogP contribution is -2.08. The van der Waals surface area contributed by atoms with E-state index in [1.54, 1.807) is 25.6 Å². The molecule has 4 nitrogen and oxygen atoms in total. The Morgan fingerprint density at radius 1 is 1.19 bits per heavy atom. The van der Waals surface area contributed by atoms with Crippen molar-refractivity contribution < 1.29 is 9.47 Å². The Labute approximate surface area is 129 Å². The Hall–Kier alpha value is -1.78. The number of pyridine rings is 1. The third-order valence-electron chi connectivity index (χ3n) is 3.12. The van der Waals surface area contributed by atoms with Gasteiger partial charge >= 0.3 is 0 Å². The minimum absolute atomic E-state index is 0.532. The van der Waals surface area contributed by atoms with Crippen molar-refractivity contribution >= 4 is 11.6 Å². The summed E-state index contributed by atoms with van der Waals surface area (Å²) < 4.78 is 11.3. The molecule has 1 heterocycles. The summed E-state index contributed by atoms with van der Waals surface area (Å²) in [5.41, 5.74) is 7.79. The number of nitrogens with two attached hydrogens (primary N) is 1. The predicted molar refractivity (Wildman–Crippen MR) is 84.2 cm³/mol. The number of aromatic nitrogens is 1. The number of hydrogen-bond acceptors (Lipinski definition) is 4. The number of methoxy groups -OCH3 is 1. The van der Waals surface area contributed by atoms with Crippen LogP contribution in [-0.4, -0.2) is 25.2 Å². The van der Waals surface area contributed by atoms with E-state index in [0.717, 1.165) is 17.7 Å². The topological polar surface area (TPSA) is 57.4 Å². The van der Waals surface area contributed by atoms with Gasteiger partial charge in [-0.25, -0.2) is 0 Å². The molecular formula is C16H19ClN2O2. The molecule has 21 heavy (non-hydrogen) atoms. The first-order chi connectivity index (χ1) is 10.2. The van der Waals surface area contributed by atoms with E-state index in [1.165, 1.54) is 5.56 Å². The number of hydrogen-bond donors (Lipinski definition) is 1. The highest BCUT2D eigenvalue weighted by atomic mass is 35.5. The Morgan fingerprint density at radius 3 is 2.62 bits per heavy atom. The largest absolute Gasteiger partial charge is 0.493 e. The fourth-order valence-electron chi connectivity index (χ4n) is 2.10. The van der Waals surface area contributed by atoms with Crippen LogP contribution in [0.25, 0.3) is 0 Å². The lowest BCUT2D eigenvalue weighted by molar-refractivity contribution is 0.294. The SMILES string of the molecule is COc1cc(Cl)cc(CCN)c1OCCc1ccncc1. The first-order valence-corrected chi connectivity index (χ1v) is 7.20. The van der Waals surface area contributed by atoms with Crippen LogP contribution in [0.5, 0.6) is 11.5 Å². The van der Waals surface area contributed by atoms with Crippen molar-refractivity contribution in [1.82, 2.24) is 4.98 Å². The van der Waals surface area contributed by atoms with Crippen LogP contribution in [0.3, 0.4) is 0 Å². The molecule has 0 aliphatic carbocycles. The van der Waals surface area contributed by atoms with Crippen LogP contribution < -0.4 is 15.2 Å². The summed E-state index contributed by atoms with van der Waals surface area (Å²) in [7, 11) is 1.60. The number of ether oxygens (including phenoxy) is 2. The van der Waals surface area contributed by atoms with E-state index in [4.69, 9.17) is 26.8 Å². The van der Waals surface area contributed by atoms with Crippen molar-refractivity contribution in [3.8, 4) is 11.5 Å². The molecule has 0 spiro atoms. The van der Waals surface area contributed by atoms with Gasteiger partial charge in [0.1, 0.15) is 0 Å². The molecule has 0 amide bonds. The van der Waals surface area contributed by atoms with Gasteiger partial charge in [0.2, 0.25) is 0 Å². The third kappa shape index (κ3) is 4.34. The predicted octanol–water partition coefficient (Wildman–Crippen LogP) is 2.87. The molecule has 2 N–H and O–H groups in total. The molecular weight excluding hydrogens is 288 g/mol. The summed E-state index contributed by atoms with van der Waals surface area (Å²) in [6.07, 6.45) is 5.05. The average Bonchev–Trinajstić information content (AvgIpc) is 2.50. The summed E-state index contributed by atoms with van der Waals surface area (Å²) in [6.45, 7) is 1.09. The van der Waals surface area contributed by atoms with Gasteiger partial charge in [0.05, 0.1) is 13.7 Å². The Morgan fingerprint density at radius 2 is 1.95 bits per heavy atom. The molecule has 0 saturated heterocycles. The number of halogens is 1. The second-order valence-corrected chi connectivity index (χ2v) is 5.03. The fraction of sp³-hybridized carbons (Fsp3) is 0.312. The van der Waals surface area contributed by atoms with E-state index in [9.17, 15) is 0 Å². The maximum absolute atomic E-state index is 6.08. The number of rotatable bonds is 7. The van der Waals surface area contributed by atoms with Gasteiger partial charge < -0.3 is 15.2 Å². The van der Waals surface area contributed by atoms with Gasteiger partial charge in [0.15, 0.2) is 11.5 Å². The van der Waals surface area contributed by atoms with Gasteiger partial charge in [-0.1, -0.05) is 11.6 Å². The average molecular weight is 307 g/mol. The molecule has 2 rings (SSSR count). The second kappa shape index (κ2) is 7.86. The molecule has 0 saturated carbocycles. The second-order valence-electron chi connectivity index (χ2n) is 4.59. The lowest BCUT2D eigenvalue weighted by Gasteiger charge is -2.15. The van der Waals surface area contributed by atoms with E-state index in [1.807, 2.05) is 18.2 Å². The summed E-state index contributed by atoms with van der Waals surface area (Å²) >= 11 is 6.08. The highest BCUT2D eigenvalue weighted by Gasteiger charge is 2.12. The summed E-state index contributed by atoms with van der Waals surface area (Å²) in [5, 5.41) is 0.622. The minimum atomic E-state index is 0.532. The summed E-state index contributed by atoms with van der Waals surface area (Å²) in [4.78, 5) is 4.00. The summed E-state index contributed by atoms with van der Waals surface area (Å²) in [5.74, 6) is 1.36. The van der Waals surface area contributed by atoms with E-state index >= 15 is 0 Å². The molecule has 0 radical (unpaired) electrons. The summed E-state index contributed by atoms with van der Waals surface area (Å²) in [6, 6.07) is 7.58. The molecule has 5 heteroatoms. The van der Waals surface area contributed by atoms with Crippen molar-refractivity contribution in [1.29, 1.82) is 0 Å². The molecule has 1 aromatic heterocycles. The first kappa shape index (κ1) is 15.6. The minimum Gasteiger partial charge on any atom is -0.493 e.